The average molecular weight is 394 g/mol. The molecule has 1 fully saturated rings. The molecule has 1 saturated heterocycles. The Balaban J connectivity index is 1.41. The van der Waals surface area contributed by atoms with Crippen molar-refractivity contribution in [2.45, 2.75) is 31.8 Å². The van der Waals surface area contributed by atoms with Crippen molar-refractivity contribution in [1.29, 1.82) is 0 Å². The molecule has 0 aliphatic carbocycles. The summed E-state index contributed by atoms with van der Waals surface area (Å²) >= 11 is 0. The number of nitrogens with zero attached hydrogens (tertiary/aromatic N) is 1. The lowest BCUT2D eigenvalue weighted by Crippen LogP contribution is -3.17. The summed E-state index contributed by atoms with van der Waals surface area (Å²) in [5.41, 5.74) is 4.32. The van der Waals surface area contributed by atoms with Crippen LogP contribution in [0.15, 0.2) is 48.5 Å². The topological polar surface area (TPSA) is 63.1 Å². The van der Waals surface area contributed by atoms with Gasteiger partial charge in [0.15, 0.2) is 12.6 Å². The molecule has 0 spiro atoms. The molecular weight excluding hydrogens is 366 g/mol. The molecule has 4 rings (SSSR count). The summed E-state index contributed by atoms with van der Waals surface area (Å²) in [5.74, 6) is -0.362. The van der Waals surface area contributed by atoms with E-state index in [1.165, 1.54) is 31.2 Å². The molecule has 0 bridgehead atoms. The minimum atomic E-state index is -0.363. The van der Waals surface area contributed by atoms with Gasteiger partial charge in [-0.25, -0.2) is 4.79 Å². The summed E-state index contributed by atoms with van der Waals surface area (Å²) in [4.78, 5) is 28.3. The lowest BCUT2D eigenvalue weighted by molar-refractivity contribution is -0.924. The van der Waals surface area contributed by atoms with E-state index in [1.807, 2.05) is 30.3 Å². The third kappa shape index (κ3) is 4.43. The fourth-order valence-corrected chi connectivity index (χ4v) is 4.38. The molecule has 0 radical (unpaired) electrons. The smallest absolute Gasteiger partial charge is 0.365 e. The second kappa shape index (κ2) is 8.66. The molecule has 152 valence electrons. The van der Waals surface area contributed by atoms with Gasteiger partial charge >= 0.3 is 5.97 Å². The number of methoxy groups -OCH3 is 1. The Hall–Kier alpha value is -2.86. The SMILES string of the molecule is COC(=O)[C@@H]1Cc2ccccc2C[NH+]1CC(=O)Nc1ccc(N2CCCC2)cc1. The minimum Gasteiger partial charge on any atom is -0.465 e. The molecule has 2 N–H and O–H groups in total. The number of carbonyl (C=O) groups is 2. The van der Waals surface area contributed by atoms with E-state index in [-0.39, 0.29) is 24.5 Å². The molecule has 6 heteroatoms. The maximum absolute atomic E-state index is 12.7. The van der Waals surface area contributed by atoms with E-state index in [9.17, 15) is 9.59 Å². The van der Waals surface area contributed by atoms with Crippen LogP contribution in [0.2, 0.25) is 0 Å². The molecule has 2 aromatic carbocycles. The zero-order chi connectivity index (χ0) is 20.2. The van der Waals surface area contributed by atoms with E-state index >= 15 is 0 Å². The molecule has 2 aliphatic heterocycles. The number of anilines is 2. The zero-order valence-electron chi connectivity index (χ0n) is 16.8. The van der Waals surface area contributed by atoms with Crippen molar-refractivity contribution in [3.63, 3.8) is 0 Å². The van der Waals surface area contributed by atoms with Crippen molar-refractivity contribution in [2.24, 2.45) is 0 Å². The maximum Gasteiger partial charge on any atom is 0.365 e. The normalized spacial score (nSPS) is 20.8. The highest BCUT2D eigenvalue weighted by Gasteiger charge is 2.37. The number of hydrogen-bond donors (Lipinski definition) is 2. The van der Waals surface area contributed by atoms with Crippen LogP contribution in [0.25, 0.3) is 0 Å². The molecule has 0 saturated carbocycles. The lowest BCUT2D eigenvalue weighted by atomic mass is 9.94. The fraction of sp³-hybridized carbons (Fsp3) is 0.391. The minimum absolute atomic E-state index is 0.0952. The van der Waals surface area contributed by atoms with Crippen molar-refractivity contribution in [2.75, 3.05) is 37.0 Å². The molecule has 2 aromatic rings. The highest BCUT2D eigenvalue weighted by molar-refractivity contribution is 5.91. The predicted molar refractivity (Wildman–Crippen MR) is 112 cm³/mol. The van der Waals surface area contributed by atoms with Gasteiger partial charge in [-0.2, -0.15) is 0 Å². The van der Waals surface area contributed by atoms with Crippen molar-refractivity contribution in [1.82, 2.24) is 0 Å². The highest BCUT2D eigenvalue weighted by atomic mass is 16.5. The van der Waals surface area contributed by atoms with Crippen LogP contribution in [-0.2, 0) is 27.3 Å². The first kappa shape index (κ1) is 19.5. The van der Waals surface area contributed by atoms with Crippen molar-refractivity contribution < 1.29 is 19.2 Å². The number of esters is 1. The van der Waals surface area contributed by atoms with Gasteiger partial charge in [0, 0.05) is 36.4 Å². The van der Waals surface area contributed by atoms with Gasteiger partial charge in [0.25, 0.3) is 5.91 Å². The van der Waals surface area contributed by atoms with E-state index in [0.29, 0.717) is 13.0 Å². The van der Waals surface area contributed by atoms with Gasteiger partial charge in [-0.1, -0.05) is 24.3 Å². The average Bonchev–Trinajstić information content (AvgIpc) is 3.28. The number of benzene rings is 2. The molecule has 2 heterocycles. The summed E-state index contributed by atoms with van der Waals surface area (Å²) in [6.45, 7) is 3.06. The Kier molecular flexibility index (Phi) is 5.81. The van der Waals surface area contributed by atoms with Crippen LogP contribution in [0.3, 0.4) is 0 Å². The van der Waals surface area contributed by atoms with Crippen molar-refractivity contribution in [3.05, 3.63) is 59.7 Å². The molecule has 0 aromatic heterocycles. The van der Waals surface area contributed by atoms with Gasteiger partial charge in [0.05, 0.1) is 7.11 Å². The first-order valence-electron chi connectivity index (χ1n) is 10.3. The van der Waals surface area contributed by atoms with Crippen LogP contribution in [0.5, 0.6) is 0 Å². The third-order valence-corrected chi connectivity index (χ3v) is 5.95. The molecular formula is C23H28N3O3+. The highest BCUT2D eigenvalue weighted by Crippen LogP contribution is 2.22. The monoisotopic (exact) mass is 394 g/mol. The maximum atomic E-state index is 12.7. The number of quaternary nitrogens is 1. The standard InChI is InChI=1S/C23H27N3O3/c1-29-23(28)21-14-17-6-2-3-7-18(17)15-26(21)16-22(27)24-19-8-10-20(11-9-19)25-12-4-5-13-25/h2-3,6-11,21H,4-5,12-16H2,1H3,(H,24,27)/p+1/t21-/m0/s1. The summed E-state index contributed by atoms with van der Waals surface area (Å²) in [6.07, 6.45) is 3.07. The largest absolute Gasteiger partial charge is 0.465 e. The Morgan fingerprint density at radius 1 is 1.07 bits per heavy atom. The number of amides is 1. The Labute approximate surface area is 171 Å². The number of hydrogen-bond acceptors (Lipinski definition) is 4. The van der Waals surface area contributed by atoms with Gasteiger partial charge in [0.1, 0.15) is 6.54 Å². The fourth-order valence-electron chi connectivity index (χ4n) is 4.38. The van der Waals surface area contributed by atoms with Crippen LogP contribution < -0.4 is 15.1 Å². The molecule has 2 atom stereocenters. The van der Waals surface area contributed by atoms with E-state index in [4.69, 9.17) is 4.74 Å². The number of ether oxygens (including phenoxy) is 1. The first-order valence-corrected chi connectivity index (χ1v) is 10.3. The Morgan fingerprint density at radius 2 is 1.76 bits per heavy atom. The molecule has 6 nitrogen and oxygen atoms in total. The van der Waals surface area contributed by atoms with Crippen LogP contribution >= 0.6 is 0 Å². The van der Waals surface area contributed by atoms with E-state index in [0.717, 1.165) is 29.2 Å². The van der Waals surface area contributed by atoms with Gasteiger partial charge < -0.3 is 19.9 Å². The summed E-state index contributed by atoms with van der Waals surface area (Å²) in [7, 11) is 1.41. The van der Waals surface area contributed by atoms with Gasteiger partial charge in [-0.15, -0.1) is 0 Å². The zero-order valence-corrected chi connectivity index (χ0v) is 16.8. The number of carbonyl (C=O) groups excluding carboxylic acids is 2. The molecule has 2 aliphatic rings. The van der Waals surface area contributed by atoms with Crippen LogP contribution in [0.1, 0.15) is 24.0 Å². The first-order chi connectivity index (χ1) is 14.1. The Morgan fingerprint density at radius 3 is 2.45 bits per heavy atom. The van der Waals surface area contributed by atoms with Crippen molar-refractivity contribution in [3.8, 4) is 0 Å². The van der Waals surface area contributed by atoms with Gasteiger partial charge in [-0.3, -0.25) is 4.79 Å². The third-order valence-electron chi connectivity index (χ3n) is 5.95. The predicted octanol–water partition coefficient (Wildman–Crippen LogP) is 1.41. The van der Waals surface area contributed by atoms with E-state index < -0.39 is 0 Å². The number of rotatable bonds is 5. The number of nitrogens with one attached hydrogen (secondary N) is 2. The summed E-state index contributed by atoms with van der Waals surface area (Å²) in [5, 5.41) is 2.98. The van der Waals surface area contributed by atoms with Crippen molar-refractivity contribution >= 4 is 23.3 Å². The lowest BCUT2D eigenvalue weighted by Gasteiger charge is -2.31. The second-order valence-electron chi connectivity index (χ2n) is 7.85. The molecule has 29 heavy (non-hydrogen) atoms. The molecule has 1 amide bonds. The number of fused-ring (bicyclic) bond motifs is 1. The van der Waals surface area contributed by atoms with Crippen LogP contribution in [0, 0.1) is 0 Å². The quantitative estimate of drug-likeness (QED) is 0.753. The van der Waals surface area contributed by atoms with E-state index in [1.54, 1.807) is 0 Å². The molecule has 1 unspecified atom stereocenters. The summed E-state index contributed by atoms with van der Waals surface area (Å²) < 4.78 is 5.00. The second-order valence-corrected chi connectivity index (χ2v) is 7.85. The van der Waals surface area contributed by atoms with Crippen LogP contribution in [-0.4, -0.2) is 44.7 Å². The Bertz CT molecular complexity index is 875. The van der Waals surface area contributed by atoms with E-state index in [2.05, 4.69) is 28.4 Å². The van der Waals surface area contributed by atoms with Gasteiger partial charge in [-0.05, 0) is 42.7 Å². The van der Waals surface area contributed by atoms with Crippen LogP contribution in [0.4, 0.5) is 11.4 Å². The van der Waals surface area contributed by atoms with Gasteiger partial charge in [0.2, 0.25) is 0 Å². The summed E-state index contributed by atoms with van der Waals surface area (Å²) in [6, 6.07) is 15.7.